The van der Waals surface area contributed by atoms with Crippen molar-refractivity contribution in [1.82, 2.24) is 20.6 Å². The molecule has 0 bridgehead atoms. The number of alkyl halides is 4. The smallest absolute Gasteiger partial charge is 0.306 e. The Balaban J connectivity index is 1.51. The lowest BCUT2D eigenvalue weighted by Gasteiger charge is -2.19. The van der Waals surface area contributed by atoms with Crippen LogP contribution in [0.25, 0.3) is 11.1 Å². The van der Waals surface area contributed by atoms with Crippen LogP contribution in [0.3, 0.4) is 0 Å². The fourth-order valence-electron chi connectivity index (χ4n) is 5.93. The van der Waals surface area contributed by atoms with Crippen molar-refractivity contribution in [3.63, 3.8) is 0 Å². The average Bonchev–Trinajstić information content (AvgIpc) is 3.16. The monoisotopic (exact) mass is 1000 g/mol. The van der Waals surface area contributed by atoms with Gasteiger partial charge in [0.25, 0.3) is 11.8 Å². The van der Waals surface area contributed by atoms with Gasteiger partial charge in [0, 0.05) is 51.2 Å². The number of nitrogens with zero attached hydrogens (tertiary/aromatic N) is 2. The SMILES string of the molecule is Cc1c(COc2nc(OCC(C)(F)F)c(CNC[C@@H](O)CC(=O)O)cc2Br)cccc1-c1cccc(COc2nc(OCC(C)(F)F)c(CNC[C@@H](O)CC(=O)O)cc2Br)c1C. The molecular formula is C42H48Br2F4N4O10. The number of hydrogen-bond acceptors (Lipinski definition) is 12. The van der Waals surface area contributed by atoms with Gasteiger partial charge in [0.15, 0.2) is 13.2 Å². The lowest BCUT2D eigenvalue weighted by molar-refractivity contribution is -0.140. The number of aliphatic hydroxyl groups excluding tert-OH is 2. The molecule has 0 spiro atoms. The Hall–Kier alpha value is -4.60. The fourth-order valence-corrected chi connectivity index (χ4v) is 6.89. The van der Waals surface area contributed by atoms with Gasteiger partial charge in [0.05, 0.1) is 34.0 Å². The van der Waals surface area contributed by atoms with Gasteiger partial charge >= 0.3 is 11.9 Å². The maximum atomic E-state index is 13.8. The second kappa shape index (κ2) is 22.7. The summed E-state index contributed by atoms with van der Waals surface area (Å²) in [5, 5.41) is 43.4. The van der Waals surface area contributed by atoms with E-state index in [2.05, 4.69) is 52.5 Å². The van der Waals surface area contributed by atoms with Crippen LogP contribution in [0.4, 0.5) is 17.6 Å². The first-order valence-electron chi connectivity index (χ1n) is 19.1. The molecule has 2 aromatic carbocycles. The molecule has 0 aliphatic rings. The number of aliphatic hydroxyl groups is 2. The molecule has 0 aliphatic heterocycles. The van der Waals surface area contributed by atoms with Crippen LogP contribution < -0.4 is 29.6 Å². The van der Waals surface area contributed by atoms with E-state index in [0.29, 0.717) is 33.9 Å². The summed E-state index contributed by atoms with van der Waals surface area (Å²) in [6.07, 6.45) is -3.29. The molecule has 0 saturated heterocycles. The first kappa shape index (κ1) is 50.0. The molecule has 62 heavy (non-hydrogen) atoms. The average molecular weight is 1000 g/mol. The summed E-state index contributed by atoms with van der Waals surface area (Å²) in [5.41, 5.74) is 5.85. The van der Waals surface area contributed by atoms with Crippen LogP contribution in [0.5, 0.6) is 23.5 Å². The maximum Gasteiger partial charge on any atom is 0.306 e. The number of aromatic nitrogens is 2. The van der Waals surface area contributed by atoms with Gasteiger partial charge in [-0.05, 0) is 91.2 Å². The number of pyridine rings is 2. The van der Waals surface area contributed by atoms with E-state index in [0.717, 1.165) is 33.4 Å². The van der Waals surface area contributed by atoms with Gasteiger partial charge in [-0.2, -0.15) is 9.97 Å². The largest absolute Gasteiger partial charge is 0.481 e. The van der Waals surface area contributed by atoms with Crippen LogP contribution in [-0.2, 0) is 35.9 Å². The topological polar surface area (TPSA) is 202 Å². The van der Waals surface area contributed by atoms with Crippen molar-refractivity contribution in [3.05, 3.63) is 90.9 Å². The summed E-state index contributed by atoms with van der Waals surface area (Å²) in [6.45, 7) is 3.32. The minimum Gasteiger partial charge on any atom is -0.481 e. The number of carboxylic acids is 2. The minimum atomic E-state index is -3.16. The Morgan fingerprint density at radius 3 is 1.35 bits per heavy atom. The number of hydrogen-bond donors (Lipinski definition) is 6. The lowest BCUT2D eigenvalue weighted by Crippen LogP contribution is -2.29. The van der Waals surface area contributed by atoms with E-state index in [1.165, 1.54) is 0 Å². The number of rotatable bonds is 25. The summed E-state index contributed by atoms with van der Waals surface area (Å²) in [6, 6.07) is 14.5. The number of ether oxygens (including phenoxy) is 4. The highest BCUT2D eigenvalue weighted by atomic mass is 79.9. The summed E-state index contributed by atoms with van der Waals surface area (Å²) in [5.74, 6) is -8.77. The molecular weight excluding hydrogens is 956 g/mol. The van der Waals surface area contributed by atoms with Crippen LogP contribution >= 0.6 is 31.9 Å². The normalized spacial score (nSPS) is 12.8. The molecule has 0 fully saturated rings. The van der Waals surface area contributed by atoms with Crippen molar-refractivity contribution >= 4 is 43.8 Å². The standard InChI is InChI=1S/C42H48Br2F4N4O10/c1-23-25(19-59-39-33(43)11-27(15-49-17-29(53)13-35(55)56)37(51-39)61-21-41(3,45)46)7-5-9-31(23)32-10-6-8-26(24(32)2)20-60-40-34(44)12-28(16-50-18-30(54)14-36(57)58)38(52-40)62-22-42(4,47)48/h5-12,29-30,49-50,53-54H,13-22H2,1-4H3,(H,55,56)(H,57,58)/t29-,30-/m0/s1. The number of nitrogens with one attached hydrogen (secondary N) is 2. The second-order valence-corrected chi connectivity index (χ2v) is 16.4. The van der Waals surface area contributed by atoms with Gasteiger partial charge in [0.2, 0.25) is 23.5 Å². The molecule has 0 radical (unpaired) electrons. The Morgan fingerprint density at radius 2 is 1.02 bits per heavy atom. The van der Waals surface area contributed by atoms with Gasteiger partial charge in [-0.3, -0.25) is 9.59 Å². The third kappa shape index (κ3) is 15.9. The van der Waals surface area contributed by atoms with Crippen LogP contribution in [0.15, 0.2) is 57.5 Å². The number of halogens is 6. The van der Waals surface area contributed by atoms with E-state index >= 15 is 0 Å². The van der Waals surface area contributed by atoms with Crippen molar-refractivity contribution in [2.24, 2.45) is 0 Å². The number of aliphatic carboxylic acids is 2. The zero-order chi connectivity index (χ0) is 45.8. The van der Waals surface area contributed by atoms with Crippen molar-refractivity contribution in [3.8, 4) is 34.6 Å². The van der Waals surface area contributed by atoms with Crippen LogP contribution in [0.2, 0.25) is 0 Å². The van der Waals surface area contributed by atoms with Crippen molar-refractivity contribution in [1.29, 1.82) is 0 Å². The van der Waals surface area contributed by atoms with Crippen molar-refractivity contribution in [2.45, 2.75) is 90.9 Å². The number of carbonyl (C=O) groups is 2. The molecule has 0 amide bonds. The molecule has 6 N–H and O–H groups in total. The molecule has 0 unspecified atom stereocenters. The van der Waals surface area contributed by atoms with Crippen LogP contribution in [0.1, 0.15) is 60.1 Å². The first-order chi connectivity index (χ1) is 29.1. The molecule has 2 heterocycles. The summed E-state index contributed by atoms with van der Waals surface area (Å²) < 4.78 is 78.9. The van der Waals surface area contributed by atoms with E-state index in [4.69, 9.17) is 29.2 Å². The van der Waals surface area contributed by atoms with E-state index < -0.39 is 62.0 Å². The Morgan fingerprint density at radius 1 is 0.645 bits per heavy atom. The van der Waals surface area contributed by atoms with E-state index in [1.807, 2.05) is 50.2 Å². The third-order valence-corrected chi connectivity index (χ3v) is 10.1. The van der Waals surface area contributed by atoms with Crippen molar-refractivity contribution < 1.29 is 66.5 Å². The highest BCUT2D eigenvalue weighted by Gasteiger charge is 2.26. The molecule has 2 atom stereocenters. The number of carboxylic acid groups (broad SMARTS) is 2. The van der Waals surface area contributed by atoms with Gasteiger partial charge in [-0.1, -0.05) is 36.4 Å². The molecule has 338 valence electrons. The minimum absolute atomic E-state index is 0.0245. The van der Waals surface area contributed by atoms with Crippen molar-refractivity contribution in [2.75, 3.05) is 26.3 Å². The molecule has 4 aromatic rings. The Bertz CT molecular complexity index is 2020. The molecule has 14 nitrogen and oxygen atoms in total. The maximum absolute atomic E-state index is 13.8. The molecule has 4 rings (SSSR count). The first-order valence-corrected chi connectivity index (χ1v) is 20.7. The van der Waals surface area contributed by atoms with Gasteiger partial charge in [-0.25, -0.2) is 17.6 Å². The lowest BCUT2D eigenvalue weighted by atomic mass is 9.92. The van der Waals surface area contributed by atoms with E-state index in [1.54, 1.807) is 12.1 Å². The molecule has 20 heteroatoms. The quantitative estimate of drug-likeness (QED) is 0.0360. The van der Waals surface area contributed by atoms with Gasteiger partial charge in [0.1, 0.15) is 13.2 Å². The van der Waals surface area contributed by atoms with Gasteiger partial charge in [-0.15, -0.1) is 0 Å². The zero-order valence-electron chi connectivity index (χ0n) is 34.2. The Kier molecular flexibility index (Phi) is 18.3. The molecule has 0 aliphatic carbocycles. The summed E-state index contributed by atoms with van der Waals surface area (Å²) >= 11 is 6.87. The second-order valence-electron chi connectivity index (χ2n) is 14.7. The number of benzene rings is 2. The van der Waals surface area contributed by atoms with Gasteiger partial charge < -0.3 is 50.0 Å². The highest BCUT2D eigenvalue weighted by molar-refractivity contribution is 9.10. The molecule has 0 saturated carbocycles. The van der Waals surface area contributed by atoms with Crippen LogP contribution in [0, 0.1) is 13.8 Å². The van der Waals surface area contributed by atoms with E-state index in [-0.39, 0.29) is 62.9 Å². The predicted octanol–water partition coefficient (Wildman–Crippen LogP) is 7.36. The summed E-state index contributed by atoms with van der Waals surface area (Å²) in [7, 11) is 0. The molecule has 2 aromatic heterocycles. The Labute approximate surface area is 372 Å². The highest BCUT2D eigenvalue weighted by Crippen LogP contribution is 2.35. The van der Waals surface area contributed by atoms with E-state index in [9.17, 15) is 37.4 Å². The predicted molar refractivity (Wildman–Crippen MR) is 226 cm³/mol. The third-order valence-electron chi connectivity index (χ3n) is 9.01. The zero-order valence-corrected chi connectivity index (χ0v) is 37.4. The fraction of sp³-hybridized carbons (Fsp3) is 0.429. The van der Waals surface area contributed by atoms with Crippen LogP contribution in [-0.4, -0.2) is 92.7 Å². The summed E-state index contributed by atoms with van der Waals surface area (Å²) in [4.78, 5) is 30.5.